The summed E-state index contributed by atoms with van der Waals surface area (Å²) in [5, 5.41) is 3.17. The van der Waals surface area contributed by atoms with Crippen molar-refractivity contribution in [3.8, 4) is 0 Å². The van der Waals surface area contributed by atoms with E-state index < -0.39 is 0 Å². The van der Waals surface area contributed by atoms with E-state index >= 15 is 0 Å². The average Bonchev–Trinajstić information content (AvgIpc) is 2.39. The van der Waals surface area contributed by atoms with Gasteiger partial charge in [0.15, 0.2) is 0 Å². The predicted molar refractivity (Wildman–Crippen MR) is 76.9 cm³/mol. The van der Waals surface area contributed by atoms with Gasteiger partial charge in [-0.05, 0) is 56.2 Å². The van der Waals surface area contributed by atoms with E-state index in [1.54, 1.807) is 0 Å². The quantitative estimate of drug-likeness (QED) is 0.770. The summed E-state index contributed by atoms with van der Waals surface area (Å²) in [7, 11) is 1.94. The lowest BCUT2D eigenvalue weighted by atomic mass is 9.98. The van der Waals surface area contributed by atoms with E-state index in [-0.39, 0.29) is 5.82 Å². The van der Waals surface area contributed by atoms with Crippen molar-refractivity contribution in [3.63, 3.8) is 0 Å². The van der Waals surface area contributed by atoms with Gasteiger partial charge in [0.05, 0.1) is 0 Å². The molecule has 0 aromatic heterocycles. The van der Waals surface area contributed by atoms with Crippen molar-refractivity contribution in [2.24, 2.45) is 0 Å². The Hall–Kier alpha value is -1.41. The molecule has 0 spiro atoms. The van der Waals surface area contributed by atoms with Gasteiger partial charge in [0.2, 0.25) is 0 Å². The minimum atomic E-state index is -0.189. The van der Waals surface area contributed by atoms with Crippen molar-refractivity contribution in [1.82, 2.24) is 5.32 Å². The summed E-state index contributed by atoms with van der Waals surface area (Å²) in [5.41, 5.74) is 3.58. The van der Waals surface area contributed by atoms with Crippen LogP contribution in [0.1, 0.15) is 32.8 Å². The fraction of sp³-hybridized carbons (Fsp3) is 0.375. The highest BCUT2D eigenvalue weighted by molar-refractivity contribution is 5.70. The largest absolute Gasteiger partial charge is 0.314 e. The summed E-state index contributed by atoms with van der Waals surface area (Å²) in [6.07, 6.45) is 5.20. The van der Waals surface area contributed by atoms with Crippen LogP contribution in [0.2, 0.25) is 0 Å². The van der Waals surface area contributed by atoms with Crippen molar-refractivity contribution >= 4 is 5.57 Å². The Morgan fingerprint density at radius 2 is 1.94 bits per heavy atom. The lowest BCUT2D eigenvalue weighted by Gasteiger charge is -2.09. The van der Waals surface area contributed by atoms with E-state index in [0.29, 0.717) is 6.04 Å². The molecular weight excluding hydrogens is 225 g/mol. The van der Waals surface area contributed by atoms with Crippen LogP contribution in [-0.4, -0.2) is 13.1 Å². The Morgan fingerprint density at radius 3 is 2.44 bits per heavy atom. The van der Waals surface area contributed by atoms with E-state index in [0.717, 1.165) is 12.0 Å². The van der Waals surface area contributed by atoms with E-state index in [1.807, 2.05) is 19.2 Å². The highest BCUT2D eigenvalue weighted by Crippen LogP contribution is 2.23. The maximum absolute atomic E-state index is 12.9. The number of hydrogen-bond acceptors (Lipinski definition) is 1. The third-order valence-electron chi connectivity index (χ3n) is 3.11. The van der Waals surface area contributed by atoms with Crippen LogP contribution in [0.5, 0.6) is 0 Å². The Balaban J connectivity index is 3.00. The molecule has 18 heavy (non-hydrogen) atoms. The van der Waals surface area contributed by atoms with Crippen LogP contribution in [0.25, 0.3) is 5.57 Å². The second-order valence-electron chi connectivity index (χ2n) is 4.46. The second kappa shape index (κ2) is 7.12. The highest BCUT2D eigenvalue weighted by Gasteiger charge is 2.03. The van der Waals surface area contributed by atoms with Gasteiger partial charge in [-0.2, -0.15) is 0 Å². The first kappa shape index (κ1) is 14.7. The van der Waals surface area contributed by atoms with Crippen LogP contribution in [0.15, 0.2) is 42.0 Å². The van der Waals surface area contributed by atoms with Crippen LogP contribution >= 0.6 is 0 Å². The highest BCUT2D eigenvalue weighted by atomic mass is 19.1. The monoisotopic (exact) mass is 247 g/mol. The van der Waals surface area contributed by atoms with Crippen LogP contribution in [0.3, 0.4) is 0 Å². The smallest absolute Gasteiger partial charge is 0.123 e. The van der Waals surface area contributed by atoms with E-state index in [4.69, 9.17) is 0 Å². The van der Waals surface area contributed by atoms with Crippen LogP contribution in [0, 0.1) is 5.82 Å². The standard InChI is InChI=1S/C16H22FN/c1-5-16(12(2)6-7-13(3)18-4)14-8-10-15(17)11-9-14/h6-11,13,18H,5H2,1-4H3/b7-6-,16-12+. The van der Waals surface area contributed by atoms with Gasteiger partial charge in [0, 0.05) is 6.04 Å². The Morgan fingerprint density at radius 1 is 1.33 bits per heavy atom. The number of likely N-dealkylation sites (N-methyl/N-ethyl adjacent to an activating group) is 1. The van der Waals surface area contributed by atoms with Gasteiger partial charge >= 0.3 is 0 Å². The molecule has 0 fully saturated rings. The first-order valence-corrected chi connectivity index (χ1v) is 6.39. The summed E-state index contributed by atoms with van der Waals surface area (Å²) >= 11 is 0. The molecule has 1 nitrogen and oxygen atoms in total. The molecule has 0 bridgehead atoms. The summed E-state index contributed by atoms with van der Waals surface area (Å²) < 4.78 is 12.9. The molecular formula is C16H22FN. The molecule has 0 aliphatic rings. The Bertz CT molecular complexity index is 429. The maximum Gasteiger partial charge on any atom is 0.123 e. The molecule has 0 saturated heterocycles. The molecule has 0 aliphatic heterocycles. The molecule has 0 aliphatic carbocycles. The van der Waals surface area contributed by atoms with Crippen LogP contribution in [0.4, 0.5) is 4.39 Å². The number of benzene rings is 1. The zero-order chi connectivity index (χ0) is 13.5. The molecule has 1 unspecified atom stereocenters. The van der Waals surface area contributed by atoms with Crippen molar-refractivity contribution in [1.29, 1.82) is 0 Å². The van der Waals surface area contributed by atoms with E-state index in [2.05, 4.69) is 38.2 Å². The normalized spacial score (nSPS) is 14.7. The van der Waals surface area contributed by atoms with Crippen molar-refractivity contribution in [2.45, 2.75) is 33.2 Å². The van der Waals surface area contributed by atoms with Gasteiger partial charge in [0.25, 0.3) is 0 Å². The molecule has 0 heterocycles. The van der Waals surface area contributed by atoms with Crippen LogP contribution in [-0.2, 0) is 0 Å². The second-order valence-corrected chi connectivity index (χ2v) is 4.46. The average molecular weight is 247 g/mol. The third kappa shape index (κ3) is 4.11. The topological polar surface area (TPSA) is 12.0 Å². The van der Waals surface area contributed by atoms with Gasteiger partial charge in [-0.1, -0.05) is 31.2 Å². The van der Waals surface area contributed by atoms with E-state index in [9.17, 15) is 4.39 Å². The zero-order valence-corrected chi connectivity index (χ0v) is 11.6. The van der Waals surface area contributed by atoms with Gasteiger partial charge in [-0.25, -0.2) is 4.39 Å². The predicted octanol–water partition coefficient (Wildman–Crippen LogP) is 4.17. The summed E-state index contributed by atoms with van der Waals surface area (Å²) in [6, 6.07) is 7.06. The molecule has 1 aromatic rings. The fourth-order valence-corrected chi connectivity index (χ4v) is 1.85. The number of hydrogen-bond donors (Lipinski definition) is 1. The molecule has 0 saturated carbocycles. The van der Waals surface area contributed by atoms with Gasteiger partial charge in [0.1, 0.15) is 5.82 Å². The first-order chi connectivity index (χ1) is 8.58. The molecule has 1 atom stereocenters. The van der Waals surface area contributed by atoms with Crippen molar-refractivity contribution in [3.05, 3.63) is 53.4 Å². The third-order valence-corrected chi connectivity index (χ3v) is 3.11. The zero-order valence-electron chi connectivity index (χ0n) is 11.6. The minimum absolute atomic E-state index is 0.189. The van der Waals surface area contributed by atoms with Crippen molar-refractivity contribution in [2.75, 3.05) is 7.05 Å². The molecule has 0 radical (unpaired) electrons. The number of allylic oxidation sites excluding steroid dienone is 3. The SMILES string of the molecule is CC/C(=C(C)\C=C/C(C)NC)c1ccc(F)cc1. The molecule has 2 heteroatoms. The molecule has 1 aromatic carbocycles. The number of halogens is 1. The summed E-state index contributed by atoms with van der Waals surface area (Å²) in [5.74, 6) is -0.189. The molecule has 98 valence electrons. The molecule has 1 N–H and O–H groups in total. The summed E-state index contributed by atoms with van der Waals surface area (Å²) in [6.45, 7) is 6.33. The van der Waals surface area contributed by atoms with E-state index in [1.165, 1.54) is 23.3 Å². The minimum Gasteiger partial charge on any atom is -0.314 e. The van der Waals surface area contributed by atoms with Gasteiger partial charge < -0.3 is 5.32 Å². The number of nitrogens with one attached hydrogen (secondary N) is 1. The lowest BCUT2D eigenvalue weighted by Crippen LogP contribution is -2.17. The fourth-order valence-electron chi connectivity index (χ4n) is 1.85. The van der Waals surface area contributed by atoms with Crippen LogP contribution < -0.4 is 5.32 Å². The maximum atomic E-state index is 12.9. The number of rotatable bonds is 5. The van der Waals surface area contributed by atoms with Gasteiger partial charge in [-0.3, -0.25) is 0 Å². The Labute approximate surface area is 109 Å². The Kier molecular flexibility index (Phi) is 5.79. The van der Waals surface area contributed by atoms with Crippen molar-refractivity contribution < 1.29 is 4.39 Å². The molecule has 0 amide bonds. The summed E-state index contributed by atoms with van der Waals surface area (Å²) in [4.78, 5) is 0. The first-order valence-electron chi connectivity index (χ1n) is 6.39. The lowest BCUT2D eigenvalue weighted by molar-refractivity contribution is 0.627. The van der Waals surface area contributed by atoms with Gasteiger partial charge in [-0.15, -0.1) is 0 Å². The molecule has 1 rings (SSSR count).